The Morgan fingerprint density at radius 2 is 2.24 bits per heavy atom. The maximum atomic E-state index is 12.3. The fourth-order valence-corrected chi connectivity index (χ4v) is 5.15. The minimum Gasteiger partial charge on any atom is -0.395 e. The molecule has 96 valence electrons. The van der Waals surface area contributed by atoms with Gasteiger partial charge in [-0.25, -0.2) is 8.42 Å². The Bertz CT molecular complexity index is 488. The molecule has 1 heterocycles. The van der Waals surface area contributed by atoms with Crippen LogP contribution in [0.5, 0.6) is 0 Å². The molecule has 1 aliphatic rings. The lowest BCUT2D eigenvalue weighted by atomic mass is 10.4. The molecule has 0 saturated heterocycles. The summed E-state index contributed by atoms with van der Waals surface area (Å²) < 4.78 is 26.8. The summed E-state index contributed by atoms with van der Waals surface area (Å²) in [6.07, 6.45) is 1.74. The maximum absolute atomic E-state index is 12.3. The number of thiophene rings is 1. The molecule has 0 unspecified atom stereocenters. The minimum atomic E-state index is -3.49. The van der Waals surface area contributed by atoms with Gasteiger partial charge >= 0.3 is 0 Å². The molecule has 7 heteroatoms. The van der Waals surface area contributed by atoms with Gasteiger partial charge < -0.3 is 5.11 Å². The molecule has 4 nitrogen and oxygen atoms in total. The fourth-order valence-electron chi connectivity index (χ4n) is 1.63. The molecule has 0 amide bonds. The van der Waals surface area contributed by atoms with Crippen LogP contribution in [0.15, 0.2) is 10.3 Å². The molecule has 1 aromatic heterocycles. The second-order valence-corrected chi connectivity index (χ2v) is 7.86. The molecule has 0 spiro atoms. The lowest BCUT2D eigenvalue weighted by Gasteiger charge is -2.19. The highest BCUT2D eigenvalue weighted by Crippen LogP contribution is 2.36. The molecule has 1 N–H and O–H groups in total. The highest BCUT2D eigenvalue weighted by Gasteiger charge is 2.38. The molecular weight excluding hydrogens is 282 g/mol. The van der Waals surface area contributed by atoms with Gasteiger partial charge in [-0.3, -0.25) is 0 Å². The average molecular weight is 296 g/mol. The first-order valence-electron chi connectivity index (χ1n) is 5.35. The van der Waals surface area contributed by atoms with Crippen LogP contribution in [0.2, 0.25) is 4.34 Å². The van der Waals surface area contributed by atoms with E-state index in [1.165, 1.54) is 4.31 Å². The standard InChI is InChI=1S/C10H14ClNO3S2/c1-7-6-9(16-10(7)11)17(14,15)12(4-5-13)8-2-3-8/h6,8,13H,2-5H2,1H3. The predicted octanol–water partition coefficient (Wildman–Crippen LogP) is 1.86. The molecule has 0 radical (unpaired) electrons. The number of aliphatic hydroxyl groups is 1. The van der Waals surface area contributed by atoms with Gasteiger partial charge in [0.2, 0.25) is 0 Å². The van der Waals surface area contributed by atoms with E-state index in [2.05, 4.69) is 0 Å². The summed E-state index contributed by atoms with van der Waals surface area (Å²) in [5, 5.41) is 8.95. The van der Waals surface area contributed by atoms with Crippen molar-refractivity contribution in [3.05, 3.63) is 16.0 Å². The zero-order valence-corrected chi connectivity index (χ0v) is 11.8. The highest BCUT2D eigenvalue weighted by molar-refractivity contribution is 7.91. The van der Waals surface area contributed by atoms with Crippen molar-refractivity contribution >= 4 is 33.0 Å². The van der Waals surface area contributed by atoms with E-state index in [9.17, 15) is 8.42 Å². The van der Waals surface area contributed by atoms with Gasteiger partial charge in [-0.05, 0) is 31.4 Å². The predicted molar refractivity (Wildman–Crippen MR) is 68.1 cm³/mol. The summed E-state index contributed by atoms with van der Waals surface area (Å²) in [5.74, 6) is 0. The number of hydrogen-bond donors (Lipinski definition) is 1. The van der Waals surface area contributed by atoms with Crippen LogP contribution in [0.25, 0.3) is 0 Å². The lowest BCUT2D eigenvalue weighted by Crippen LogP contribution is -2.35. The van der Waals surface area contributed by atoms with Crippen LogP contribution >= 0.6 is 22.9 Å². The lowest BCUT2D eigenvalue weighted by molar-refractivity contribution is 0.250. The Hall–Kier alpha value is -0.140. The fraction of sp³-hybridized carbons (Fsp3) is 0.600. The van der Waals surface area contributed by atoms with Crippen molar-refractivity contribution in [1.82, 2.24) is 4.31 Å². The number of aliphatic hydroxyl groups excluding tert-OH is 1. The molecule has 1 aromatic rings. The SMILES string of the molecule is Cc1cc(S(=O)(=O)N(CCO)C2CC2)sc1Cl. The first-order valence-corrected chi connectivity index (χ1v) is 7.99. The Morgan fingerprint density at radius 1 is 1.59 bits per heavy atom. The number of sulfonamides is 1. The van der Waals surface area contributed by atoms with Gasteiger partial charge in [-0.1, -0.05) is 11.6 Å². The van der Waals surface area contributed by atoms with Crippen molar-refractivity contribution in [1.29, 1.82) is 0 Å². The second-order valence-electron chi connectivity index (χ2n) is 4.09. The molecule has 0 bridgehead atoms. The van der Waals surface area contributed by atoms with Gasteiger partial charge in [0.15, 0.2) is 0 Å². The number of rotatable bonds is 5. The summed E-state index contributed by atoms with van der Waals surface area (Å²) in [6, 6.07) is 1.64. The zero-order chi connectivity index (χ0) is 12.6. The van der Waals surface area contributed by atoms with Crippen LogP contribution in [0, 0.1) is 6.92 Å². The summed E-state index contributed by atoms with van der Waals surface area (Å²) in [6.45, 7) is 1.78. The minimum absolute atomic E-state index is 0.0494. The Morgan fingerprint density at radius 3 is 2.65 bits per heavy atom. The summed E-state index contributed by atoms with van der Waals surface area (Å²) in [7, 11) is -3.49. The van der Waals surface area contributed by atoms with Crippen molar-refractivity contribution in [3.63, 3.8) is 0 Å². The van der Waals surface area contributed by atoms with Gasteiger partial charge in [-0.15, -0.1) is 11.3 Å². The molecule has 0 atom stereocenters. The van der Waals surface area contributed by atoms with Crippen molar-refractivity contribution in [2.24, 2.45) is 0 Å². The van der Waals surface area contributed by atoms with Gasteiger partial charge in [0.05, 0.1) is 10.9 Å². The van der Waals surface area contributed by atoms with Crippen molar-refractivity contribution in [2.45, 2.75) is 30.0 Å². The molecule has 2 rings (SSSR count). The number of aryl methyl sites for hydroxylation is 1. The number of nitrogens with zero attached hydrogens (tertiary/aromatic N) is 1. The van der Waals surface area contributed by atoms with E-state index >= 15 is 0 Å². The van der Waals surface area contributed by atoms with Gasteiger partial charge in [-0.2, -0.15) is 4.31 Å². The van der Waals surface area contributed by atoms with E-state index in [-0.39, 0.29) is 23.4 Å². The molecular formula is C10H14ClNO3S2. The van der Waals surface area contributed by atoms with E-state index in [4.69, 9.17) is 16.7 Å². The van der Waals surface area contributed by atoms with Crippen LogP contribution in [0.3, 0.4) is 0 Å². The zero-order valence-electron chi connectivity index (χ0n) is 9.39. The average Bonchev–Trinajstić information content (AvgIpc) is 3.03. The quantitative estimate of drug-likeness (QED) is 0.902. The largest absolute Gasteiger partial charge is 0.395 e. The second kappa shape index (κ2) is 4.85. The third-order valence-corrected chi connectivity index (χ3v) is 6.63. The molecule has 0 aromatic carbocycles. The number of halogens is 1. The maximum Gasteiger partial charge on any atom is 0.252 e. The van der Waals surface area contributed by atoms with Crippen LogP contribution in [-0.2, 0) is 10.0 Å². The first kappa shape index (κ1) is 13.3. The highest BCUT2D eigenvalue weighted by atomic mass is 35.5. The first-order chi connectivity index (χ1) is 7.96. The van der Waals surface area contributed by atoms with Crippen molar-refractivity contribution in [3.8, 4) is 0 Å². The van der Waals surface area contributed by atoms with E-state index in [0.717, 1.165) is 29.7 Å². The third-order valence-electron chi connectivity index (χ3n) is 2.67. The molecule has 0 aliphatic heterocycles. The summed E-state index contributed by atoms with van der Waals surface area (Å²) in [5.41, 5.74) is 0.773. The normalized spacial score (nSPS) is 16.7. The molecule has 1 aliphatic carbocycles. The van der Waals surface area contributed by atoms with Crippen LogP contribution in [-0.4, -0.2) is 37.0 Å². The van der Waals surface area contributed by atoms with Gasteiger partial charge in [0.25, 0.3) is 10.0 Å². The van der Waals surface area contributed by atoms with E-state index in [0.29, 0.717) is 4.34 Å². The summed E-state index contributed by atoms with van der Waals surface area (Å²) in [4.78, 5) is 0. The van der Waals surface area contributed by atoms with E-state index < -0.39 is 10.0 Å². The smallest absolute Gasteiger partial charge is 0.252 e. The van der Waals surface area contributed by atoms with Gasteiger partial charge in [0, 0.05) is 12.6 Å². The van der Waals surface area contributed by atoms with Crippen molar-refractivity contribution < 1.29 is 13.5 Å². The monoisotopic (exact) mass is 295 g/mol. The van der Waals surface area contributed by atoms with Crippen molar-refractivity contribution in [2.75, 3.05) is 13.2 Å². The Kier molecular flexibility index (Phi) is 3.80. The topological polar surface area (TPSA) is 57.6 Å². The number of hydrogen-bond acceptors (Lipinski definition) is 4. The molecule has 17 heavy (non-hydrogen) atoms. The van der Waals surface area contributed by atoms with Gasteiger partial charge in [0.1, 0.15) is 4.21 Å². The Balaban J connectivity index is 2.33. The Labute approximate surface area is 110 Å². The van der Waals surface area contributed by atoms with Crippen LogP contribution in [0.1, 0.15) is 18.4 Å². The molecule has 1 saturated carbocycles. The van der Waals surface area contributed by atoms with E-state index in [1.54, 1.807) is 13.0 Å². The van der Waals surface area contributed by atoms with Crippen LogP contribution < -0.4 is 0 Å². The third kappa shape index (κ3) is 2.66. The molecule has 1 fully saturated rings. The summed E-state index contributed by atoms with van der Waals surface area (Å²) >= 11 is 6.97. The van der Waals surface area contributed by atoms with E-state index in [1.807, 2.05) is 0 Å². The van der Waals surface area contributed by atoms with Crippen LogP contribution in [0.4, 0.5) is 0 Å².